The van der Waals surface area contributed by atoms with Gasteiger partial charge in [-0.05, 0) is 12.1 Å². The van der Waals surface area contributed by atoms with Crippen LogP contribution in [0.4, 0.5) is 0 Å². The van der Waals surface area contributed by atoms with Crippen molar-refractivity contribution in [3.63, 3.8) is 0 Å². The molecule has 1 saturated heterocycles. The molecule has 2 aliphatic rings. The fourth-order valence-corrected chi connectivity index (χ4v) is 3.79. The molecule has 11 nitrogen and oxygen atoms in total. The number of aromatic hydroxyl groups is 4. The molecule has 2 aliphatic heterocycles. The zero-order valence-corrected chi connectivity index (χ0v) is 17.7. The molecule has 1 fully saturated rings. The minimum absolute atomic E-state index is 0.108. The van der Waals surface area contributed by atoms with E-state index in [1.807, 2.05) is 0 Å². The number of hydrogen-bond donors (Lipinski definition) is 6. The molecule has 0 saturated carbocycles. The van der Waals surface area contributed by atoms with Gasteiger partial charge in [-0.2, -0.15) is 0 Å². The molecule has 2 heterocycles. The van der Waals surface area contributed by atoms with Crippen molar-refractivity contribution in [2.75, 3.05) is 20.8 Å². The maximum atomic E-state index is 10.3. The van der Waals surface area contributed by atoms with Gasteiger partial charge in [0.1, 0.15) is 35.4 Å². The van der Waals surface area contributed by atoms with Gasteiger partial charge in [-0.15, -0.1) is 0 Å². The maximum absolute atomic E-state index is 10.3. The molecule has 7 N–H and O–H groups in total. The Morgan fingerprint density at radius 1 is 0.970 bits per heavy atom. The summed E-state index contributed by atoms with van der Waals surface area (Å²) >= 11 is 0. The van der Waals surface area contributed by atoms with Crippen molar-refractivity contribution in [3.8, 4) is 34.5 Å². The number of fused-ring (bicyclic) bond motifs is 1. The normalized spacial score (nSPS) is 26.2. The largest absolute Gasteiger partial charge is 0.571 e. The summed E-state index contributed by atoms with van der Waals surface area (Å²) in [4.78, 5) is 0. The lowest BCUT2D eigenvalue weighted by molar-refractivity contribution is -0.165. The van der Waals surface area contributed by atoms with Gasteiger partial charge in [0.25, 0.3) is 11.9 Å². The second kappa shape index (κ2) is 8.87. The molecule has 2 aromatic carbocycles. The average molecular weight is 465 g/mol. The first-order valence-electron chi connectivity index (χ1n) is 9.99. The summed E-state index contributed by atoms with van der Waals surface area (Å²) in [5, 5.41) is 60.2. The van der Waals surface area contributed by atoms with E-state index < -0.39 is 37.3 Å². The first kappa shape index (κ1) is 22.8. The summed E-state index contributed by atoms with van der Waals surface area (Å²) in [6.07, 6.45) is -4.64. The third kappa shape index (κ3) is 4.07. The fourth-order valence-electron chi connectivity index (χ4n) is 3.79. The molecule has 0 bridgehead atoms. The van der Waals surface area contributed by atoms with E-state index in [-0.39, 0.29) is 45.8 Å². The Bertz CT molecular complexity index is 1040. The monoisotopic (exact) mass is 465 g/mol. The van der Waals surface area contributed by atoms with Crippen LogP contribution in [0.3, 0.4) is 0 Å². The number of rotatable bonds is 6. The van der Waals surface area contributed by atoms with Gasteiger partial charge in [-0.25, -0.2) is 0 Å². The third-order valence-corrected chi connectivity index (χ3v) is 5.51. The summed E-state index contributed by atoms with van der Waals surface area (Å²) in [6.45, 7) is -0.528. The zero-order valence-electron chi connectivity index (χ0n) is 17.7. The van der Waals surface area contributed by atoms with Crippen molar-refractivity contribution in [2.45, 2.75) is 30.7 Å². The van der Waals surface area contributed by atoms with Gasteiger partial charge in [0, 0.05) is 12.1 Å². The third-order valence-electron chi connectivity index (χ3n) is 5.51. The van der Waals surface area contributed by atoms with Gasteiger partial charge < -0.3 is 54.3 Å². The smallest absolute Gasteiger partial charge is 0.270 e. The highest BCUT2D eigenvalue weighted by molar-refractivity contribution is 5.69. The van der Waals surface area contributed by atoms with E-state index in [9.17, 15) is 30.6 Å². The summed E-state index contributed by atoms with van der Waals surface area (Å²) in [7, 11) is 2.74. The lowest BCUT2D eigenvalue weighted by Gasteiger charge is -2.28. The van der Waals surface area contributed by atoms with E-state index in [1.54, 1.807) is 0 Å². The topological polar surface area (TPSA) is 171 Å². The number of phenols is 3. The highest BCUT2D eigenvalue weighted by atomic mass is 16.7. The van der Waals surface area contributed by atoms with Crippen LogP contribution in [0.1, 0.15) is 17.2 Å². The van der Waals surface area contributed by atoms with E-state index in [0.29, 0.717) is 5.56 Å². The summed E-state index contributed by atoms with van der Waals surface area (Å²) in [5.74, 6) is -0.0748. The molecule has 5 atom stereocenters. The molecule has 5 unspecified atom stereocenters. The molecule has 0 amide bonds. The number of aliphatic hydroxyl groups is 4. The second-order valence-electron chi connectivity index (χ2n) is 7.57. The molecule has 178 valence electrons. The van der Waals surface area contributed by atoms with Crippen LogP contribution in [0.15, 0.2) is 30.0 Å². The minimum Gasteiger partial charge on any atom is -0.571 e. The number of phenolic OH excluding ortho intramolecular Hbond substituents is 3. The fraction of sp³-hybridized carbons (Fsp3) is 0.364. The molecular formula is C22H25O11+. The molecule has 11 heteroatoms. The van der Waals surface area contributed by atoms with Gasteiger partial charge in [-0.1, -0.05) is 0 Å². The quantitative estimate of drug-likeness (QED) is 0.332. The van der Waals surface area contributed by atoms with Crippen molar-refractivity contribution in [1.29, 1.82) is 0 Å². The molecule has 0 aromatic heterocycles. The second-order valence-corrected chi connectivity index (χ2v) is 7.57. The molecule has 2 aromatic rings. The van der Waals surface area contributed by atoms with Crippen LogP contribution in [0.2, 0.25) is 0 Å². The van der Waals surface area contributed by atoms with Crippen molar-refractivity contribution >= 4 is 6.08 Å². The van der Waals surface area contributed by atoms with Crippen molar-refractivity contribution in [2.24, 2.45) is 0 Å². The van der Waals surface area contributed by atoms with E-state index in [1.165, 1.54) is 38.5 Å². The average Bonchev–Trinajstić information content (AvgIpc) is 3.07. The Kier molecular flexibility index (Phi) is 6.13. The van der Waals surface area contributed by atoms with Crippen molar-refractivity contribution < 1.29 is 54.3 Å². The highest BCUT2D eigenvalue weighted by Crippen LogP contribution is 2.48. The van der Waals surface area contributed by atoms with Gasteiger partial charge in [-0.3, -0.25) is 0 Å². The van der Waals surface area contributed by atoms with E-state index in [0.717, 1.165) is 6.07 Å². The van der Waals surface area contributed by atoms with Crippen molar-refractivity contribution in [3.05, 3.63) is 41.2 Å². The predicted molar refractivity (Wildman–Crippen MR) is 112 cm³/mol. The van der Waals surface area contributed by atoms with Gasteiger partial charge in [0.15, 0.2) is 17.3 Å². The molecular weight excluding hydrogens is 440 g/mol. The summed E-state index contributed by atoms with van der Waals surface area (Å²) < 4.78 is 26.3. The first-order chi connectivity index (χ1) is 15.8. The maximum Gasteiger partial charge on any atom is 0.270 e. The molecule has 0 radical (unpaired) electrons. The molecule has 4 rings (SSSR count). The molecule has 0 aliphatic carbocycles. The standard InChI is InChI=1S/C22H24O11/c1-29-14-3-9(4-15(30-2)18(14)26)21-16(32-22-20(28)19(27)17(8-23)33-22)7-11-12(25)5-10(24)6-13(11)31-21/h3-7,17,19-28H,8H2,1-2H3/p+1. The van der Waals surface area contributed by atoms with Crippen LogP contribution >= 0.6 is 0 Å². The molecule has 33 heavy (non-hydrogen) atoms. The van der Waals surface area contributed by atoms with Crippen LogP contribution < -0.4 is 9.47 Å². The van der Waals surface area contributed by atoms with Crippen LogP contribution in [0, 0.1) is 0 Å². The number of methoxy groups -OCH3 is 2. The lowest BCUT2D eigenvalue weighted by atomic mass is 10.0. The first-order valence-corrected chi connectivity index (χ1v) is 9.99. The molecule has 0 spiro atoms. The number of aliphatic hydroxyl groups excluding tert-OH is 3. The Balaban J connectivity index is 1.78. The lowest BCUT2D eigenvalue weighted by Crippen LogP contribution is -2.35. The highest BCUT2D eigenvalue weighted by Gasteiger charge is 2.46. The van der Waals surface area contributed by atoms with Crippen LogP contribution in [0.5, 0.6) is 34.5 Å². The Hall–Kier alpha value is -3.38. The Morgan fingerprint density at radius 2 is 1.64 bits per heavy atom. The number of hydrogen-bond acceptors (Lipinski definition) is 10. The zero-order chi connectivity index (χ0) is 23.9. The minimum atomic E-state index is -1.46. The van der Waals surface area contributed by atoms with E-state index >= 15 is 0 Å². The Labute approximate surface area is 188 Å². The van der Waals surface area contributed by atoms with E-state index in [2.05, 4.69) is 4.74 Å². The summed E-state index contributed by atoms with van der Waals surface area (Å²) in [6, 6.07) is 5.51. The van der Waals surface area contributed by atoms with Crippen LogP contribution in [-0.2, 0) is 9.47 Å². The SMILES string of the molecule is COc1cc(C2[OH+]c3cc(O)cc(O)c3C=C2OC2OC(CO)C(O)C2O)cc(OC)c1O. The Morgan fingerprint density at radius 3 is 2.21 bits per heavy atom. The van der Waals surface area contributed by atoms with Crippen LogP contribution in [-0.4, -0.2) is 80.8 Å². The van der Waals surface area contributed by atoms with Gasteiger partial charge >= 0.3 is 0 Å². The van der Waals surface area contributed by atoms with E-state index in [4.69, 9.17) is 18.9 Å². The van der Waals surface area contributed by atoms with Crippen molar-refractivity contribution in [1.82, 2.24) is 0 Å². The predicted octanol–water partition coefficient (Wildman–Crippen LogP) is 0.613. The number of benzene rings is 2. The van der Waals surface area contributed by atoms with Gasteiger partial charge in [0.05, 0.1) is 32.5 Å². The van der Waals surface area contributed by atoms with Gasteiger partial charge in [0.2, 0.25) is 12.0 Å². The number of ether oxygens (including phenoxy) is 5. The van der Waals surface area contributed by atoms with Crippen LogP contribution in [0.25, 0.3) is 6.08 Å². The summed E-state index contributed by atoms with van der Waals surface area (Å²) in [5.41, 5.74) is 0.705.